The number of nitrogens with one attached hydrogen (secondary N) is 1. The average molecular weight is 256 g/mol. The van der Waals surface area contributed by atoms with Crippen molar-refractivity contribution in [2.45, 2.75) is 6.61 Å². The lowest BCUT2D eigenvalue weighted by Gasteiger charge is -2.05. The summed E-state index contributed by atoms with van der Waals surface area (Å²) in [6.45, 7) is 0.0729. The molecule has 0 spiro atoms. The van der Waals surface area contributed by atoms with E-state index in [-0.39, 0.29) is 6.61 Å². The van der Waals surface area contributed by atoms with Crippen molar-refractivity contribution in [2.75, 3.05) is 5.32 Å². The van der Waals surface area contributed by atoms with Crippen LogP contribution >= 0.6 is 0 Å². The van der Waals surface area contributed by atoms with Crippen LogP contribution in [0.25, 0.3) is 0 Å². The Bertz CT molecular complexity index is 555. The molecule has 0 aliphatic heterocycles. The Balaban J connectivity index is 1.85. The van der Waals surface area contributed by atoms with E-state index in [2.05, 4.69) is 10.3 Å². The second-order valence-corrected chi connectivity index (χ2v) is 3.75. The van der Waals surface area contributed by atoms with E-state index in [1.807, 2.05) is 30.3 Å². The molecule has 1 N–H and O–H groups in total. The maximum absolute atomic E-state index is 11.5. The molecule has 96 valence electrons. The number of carbonyl (C=O) groups excluding carboxylic acids is 2. The van der Waals surface area contributed by atoms with Crippen LogP contribution < -0.4 is 5.32 Å². The number of amides is 1. The molecule has 1 aromatic carbocycles. The lowest BCUT2D eigenvalue weighted by Crippen LogP contribution is -2.24. The minimum atomic E-state index is -0.916. The molecule has 0 saturated carbocycles. The highest BCUT2D eigenvalue weighted by Crippen LogP contribution is 2.04. The molecular weight excluding hydrogens is 244 g/mol. The Morgan fingerprint density at radius 3 is 2.42 bits per heavy atom. The average Bonchev–Trinajstić information content (AvgIpc) is 2.47. The van der Waals surface area contributed by atoms with Gasteiger partial charge in [0.2, 0.25) is 0 Å². The molecule has 5 heteroatoms. The van der Waals surface area contributed by atoms with Gasteiger partial charge in [0.1, 0.15) is 6.61 Å². The fourth-order valence-corrected chi connectivity index (χ4v) is 1.41. The van der Waals surface area contributed by atoms with Crippen LogP contribution in [-0.2, 0) is 20.9 Å². The first kappa shape index (κ1) is 12.8. The predicted octanol–water partition coefficient (Wildman–Crippen LogP) is 1.76. The molecule has 2 rings (SSSR count). The highest BCUT2D eigenvalue weighted by atomic mass is 16.5. The first-order valence-electron chi connectivity index (χ1n) is 5.68. The molecular formula is C14H12N2O3. The van der Waals surface area contributed by atoms with Crippen LogP contribution in [0.5, 0.6) is 0 Å². The van der Waals surface area contributed by atoms with Crippen molar-refractivity contribution < 1.29 is 14.3 Å². The number of nitrogens with zero attached hydrogens (tertiary/aromatic N) is 1. The van der Waals surface area contributed by atoms with E-state index in [0.717, 1.165) is 5.56 Å². The second kappa shape index (κ2) is 6.30. The van der Waals surface area contributed by atoms with Gasteiger partial charge in [-0.05, 0) is 17.7 Å². The summed E-state index contributed by atoms with van der Waals surface area (Å²) in [5.41, 5.74) is 1.32. The smallest absolute Gasteiger partial charge is 0.397 e. The van der Waals surface area contributed by atoms with Gasteiger partial charge in [0.05, 0.1) is 0 Å². The van der Waals surface area contributed by atoms with Gasteiger partial charge in [-0.3, -0.25) is 9.78 Å². The van der Waals surface area contributed by atoms with Crippen molar-refractivity contribution in [2.24, 2.45) is 0 Å². The molecule has 0 radical (unpaired) electrons. The number of carbonyl (C=O) groups is 2. The number of benzene rings is 1. The van der Waals surface area contributed by atoms with Crippen molar-refractivity contribution in [1.29, 1.82) is 0 Å². The second-order valence-electron chi connectivity index (χ2n) is 3.75. The first-order chi connectivity index (χ1) is 9.25. The Kier molecular flexibility index (Phi) is 4.23. The van der Waals surface area contributed by atoms with E-state index in [9.17, 15) is 9.59 Å². The van der Waals surface area contributed by atoms with Crippen molar-refractivity contribution in [3.05, 3.63) is 60.4 Å². The molecule has 1 aromatic heterocycles. The van der Waals surface area contributed by atoms with Gasteiger partial charge in [-0.1, -0.05) is 30.3 Å². The van der Waals surface area contributed by atoms with E-state index in [1.54, 1.807) is 12.1 Å². The number of rotatable bonds is 3. The standard InChI is InChI=1S/C14H12N2O3/c17-13(16-12-6-8-15-9-7-12)14(18)19-10-11-4-2-1-3-5-11/h1-9H,10H2,(H,15,16,17). The van der Waals surface area contributed by atoms with E-state index in [1.165, 1.54) is 12.4 Å². The van der Waals surface area contributed by atoms with Gasteiger partial charge < -0.3 is 10.1 Å². The molecule has 0 bridgehead atoms. The minimum Gasteiger partial charge on any atom is -0.454 e. The molecule has 0 unspecified atom stereocenters. The highest BCUT2D eigenvalue weighted by Gasteiger charge is 2.15. The molecule has 1 amide bonds. The number of pyridine rings is 1. The summed E-state index contributed by atoms with van der Waals surface area (Å²) < 4.78 is 4.90. The van der Waals surface area contributed by atoms with Gasteiger partial charge in [0.15, 0.2) is 0 Å². The van der Waals surface area contributed by atoms with E-state index >= 15 is 0 Å². The van der Waals surface area contributed by atoms with E-state index < -0.39 is 11.9 Å². The third kappa shape index (κ3) is 3.92. The third-order valence-corrected chi connectivity index (χ3v) is 2.34. The van der Waals surface area contributed by atoms with Crippen LogP contribution in [0.15, 0.2) is 54.9 Å². The summed E-state index contributed by atoms with van der Waals surface area (Å²) in [6, 6.07) is 12.3. The van der Waals surface area contributed by atoms with Gasteiger partial charge >= 0.3 is 11.9 Å². The summed E-state index contributed by atoms with van der Waals surface area (Å²) >= 11 is 0. The molecule has 19 heavy (non-hydrogen) atoms. The number of hydrogen-bond acceptors (Lipinski definition) is 4. The number of hydrogen-bond donors (Lipinski definition) is 1. The van der Waals surface area contributed by atoms with Crippen LogP contribution in [0.3, 0.4) is 0 Å². The molecule has 0 atom stereocenters. The minimum absolute atomic E-state index is 0.0729. The van der Waals surface area contributed by atoms with Gasteiger partial charge in [0.25, 0.3) is 0 Å². The van der Waals surface area contributed by atoms with Gasteiger partial charge in [0, 0.05) is 18.1 Å². The fraction of sp³-hybridized carbons (Fsp3) is 0.0714. The number of aromatic nitrogens is 1. The quantitative estimate of drug-likeness (QED) is 0.671. The van der Waals surface area contributed by atoms with Crippen molar-refractivity contribution in [3.63, 3.8) is 0 Å². The Morgan fingerprint density at radius 2 is 1.74 bits per heavy atom. The van der Waals surface area contributed by atoms with Crippen molar-refractivity contribution >= 4 is 17.6 Å². The maximum atomic E-state index is 11.5. The molecule has 2 aromatic rings. The van der Waals surface area contributed by atoms with Crippen LogP contribution in [0, 0.1) is 0 Å². The van der Waals surface area contributed by atoms with Crippen LogP contribution in [0.4, 0.5) is 5.69 Å². The normalized spacial score (nSPS) is 9.68. The number of ether oxygens (including phenoxy) is 1. The highest BCUT2D eigenvalue weighted by molar-refractivity contribution is 6.37. The molecule has 5 nitrogen and oxygen atoms in total. The Hall–Kier alpha value is -2.69. The Morgan fingerprint density at radius 1 is 1.05 bits per heavy atom. The zero-order chi connectivity index (χ0) is 13.5. The zero-order valence-electron chi connectivity index (χ0n) is 10.1. The van der Waals surface area contributed by atoms with Gasteiger partial charge in [-0.15, -0.1) is 0 Å². The van der Waals surface area contributed by atoms with Gasteiger partial charge in [-0.25, -0.2) is 4.79 Å². The Labute approximate surface area is 110 Å². The largest absolute Gasteiger partial charge is 0.454 e. The predicted molar refractivity (Wildman–Crippen MR) is 69.1 cm³/mol. The van der Waals surface area contributed by atoms with Crippen LogP contribution in [-0.4, -0.2) is 16.9 Å². The molecule has 0 saturated heterocycles. The number of esters is 1. The van der Waals surface area contributed by atoms with Crippen LogP contribution in [0.1, 0.15) is 5.56 Å². The van der Waals surface area contributed by atoms with E-state index in [4.69, 9.17) is 4.74 Å². The fourth-order valence-electron chi connectivity index (χ4n) is 1.41. The SMILES string of the molecule is O=C(Nc1ccncc1)C(=O)OCc1ccccc1. The van der Waals surface area contributed by atoms with Crippen molar-refractivity contribution in [1.82, 2.24) is 4.98 Å². The summed E-state index contributed by atoms with van der Waals surface area (Å²) in [5, 5.41) is 2.42. The first-order valence-corrected chi connectivity index (χ1v) is 5.68. The molecule has 0 fully saturated rings. The molecule has 1 heterocycles. The van der Waals surface area contributed by atoms with Crippen molar-refractivity contribution in [3.8, 4) is 0 Å². The summed E-state index contributed by atoms with van der Waals surface area (Å²) in [4.78, 5) is 26.8. The summed E-state index contributed by atoms with van der Waals surface area (Å²) in [6.07, 6.45) is 3.04. The third-order valence-electron chi connectivity index (χ3n) is 2.34. The summed E-state index contributed by atoms with van der Waals surface area (Å²) in [7, 11) is 0. The monoisotopic (exact) mass is 256 g/mol. The lowest BCUT2D eigenvalue weighted by molar-refractivity contribution is -0.153. The summed E-state index contributed by atoms with van der Waals surface area (Å²) in [5.74, 6) is -1.72. The van der Waals surface area contributed by atoms with Crippen LogP contribution in [0.2, 0.25) is 0 Å². The topological polar surface area (TPSA) is 68.3 Å². The maximum Gasteiger partial charge on any atom is 0.397 e. The molecule has 0 aliphatic carbocycles. The molecule has 0 aliphatic rings. The lowest BCUT2D eigenvalue weighted by atomic mass is 10.2. The zero-order valence-corrected chi connectivity index (χ0v) is 10.1. The van der Waals surface area contributed by atoms with E-state index in [0.29, 0.717) is 5.69 Å². The van der Waals surface area contributed by atoms with Gasteiger partial charge in [-0.2, -0.15) is 0 Å². The number of anilines is 1.